The van der Waals surface area contributed by atoms with E-state index in [1.807, 2.05) is 6.07 Å². The minimum Gasteiger partial charge on any atom is -0.290 e. The lowest BCUT2D eigenvalue weighted by Crippen LogP contribution is -1.70. The van der Waals surface area contributed by atoms with Crippen molar-refractivity contribution in [1.82, 2.24) is 0 Å². The molecule has 1 aromatic carbocycles. The number of aryl methyl sites for hydroxylation is 1. The van der Waals surface area contributed by atoms with Crippen molar-refractivity contribution >= 4 is 15.9 Å². The highest BCUT2D eigenvalue weighted by Gasteiger charge is 1.95. The Labute approximate surface area is 62.5 Å². The average Bonchev–Trinajstić information content (AvgIpc) is 1.80. The van der Waals surface area contributed by atoms with Crippen molar-refractivity contribution in [3.8, 4) is 5.75 Å². The van der Waals surface area contributed by atoms with Crippen molar-refractivity contribution in [2.45, 2.75) is 6.92 Å². The fourth-order valence-corrected chi connectivity index (χ4v) is 1.09. The molecule has 2 heteroatoms. The van der Waals surface area contributed by atoms with Crippen molar-refractivity contribution < 1.29 is 5.11 Å². The van der Waals surface area contributed by atoms with Gasteiger partial charge < -0.3 is 0 Å². The molecule has 0 aliphatic heterocycles. The van der Waals surface area contributed by atoms with Gasteiger partial charge in [0.1, 0.15) is 0 Å². The fraction of sp³-hybridized carbons (Fsp3) is 0.143. The van der Waals surface area contributed by atoms with E-state index in [0.29, 0.717) is 0 Å². The van der Waals surface area contributed by atoms with Crippen LogP contribution < -0.4 is 0 Å². The van der Waals surface area contributed by atoms with E-state index in [9.17, 15) is 5.11 Å². The number of hydrogen-bond donors (Lipinski definition) is 0. The number of halogens is 1. The van der Waals surface area contributed by atoms with Crippen molar-refractivity contribution in [3.63, 3.8) is 0 Å². The lowest BCUT2D eigenvalue weighted by atomic mass is 10.2. The van der Waals surface area contributed by atoms with E-state index in [1.54, 1.807) is 19.1 Å². The molecule has 1 aromatic rings. The van der Waals surface area contributed by atoms with Crippen LogP contribution in [0.15, 0.2) is 22.7 Å². The molecule has 47 valence electrons. The van der Waals surface area contributed by atoms with Crippen molar-refractivity contribution in [3.05, 3.63) is 28.2 Å². The van der Waals surface area contributed by atoms with Gasteiger partial charge in [0.2, 0.25) is 0 Å². The van der Waals surface area contributed by atoms with Crippen LogP contribution in [-0.4, -0.2) is 0 Å². The Morgan fingerprint density at radius 2 is 2.11 bits per heavy atom. The van der Waals surface area contributed by atoms with Crippen LogP contribution >= 0.6 is 15.9 Å². The first kappa shape index (κ1) is 6.62. The molecule has 0 unspecified atom stereocenters. The third-order valence-electron chi connectivity index (χ3n) is 1.14. The van der Waals surface area contributed by atoms with E-state index in [-0.39, 0.29) is 5.75 Å². The van der Waals surface area contributed by atoms with Gasteiger partial charge in [-0.1, -0.05) is 15.9 Å². The highest BCUT2D eigenvalue weighted by atomic mass is 79.9. The Kier molecular flexibility index (Phi) is 1.76. The topological polar surface area (TPSA) is 19.9 Å². The summed E-state index contributed by atoms with van der Waals surface area (Å²) in [7, 11) is 0. The van der Waals surface area contributed by atoms with Gasteiger partial charge in [0.25, 0.3) is 0 Å². The minimum atomic E-state index is 0.0956. The Bertz CT molecular complexity index is 220. The van der Waals surface area contributed by atoms with Gasteiger partial charge in [0.05, 0.1) is 0 Å². The quantitative estimate of drug-likeness (QED) is 0.593. The molecule has 0 fully saturated rings. The van der Waals surface area contributed by atoms with Gasteiger partial charge in [-0.15, -0.1) is 0 Å². The summed E-state index contributed by atoms with van der Waals surface area (Å²) in [5.74, 6) is 0.0956. The van der Waals surface area contributed by atoms with Crippen LogP contribution in [0.5, 0.6) is 5.75 Å². The van der Waals surface area contributed by atoms with E-state index in [0.717, 1.165) is 10.0 Å². The predicted octanol–water partition coefficient (Wildman–Crippen LogP) is 2.90. The highest BCUT2D eigenvalue weighted by molar-refractivity contribution is 9.10. The second-order valence-corrected chi connectivity index (χ2v) is 2.83. The van der Waals surface area contributed by atoms with Crippen molar-refractivity contribution in [2.24, 2.45) is 0 Å². The van der Waals surface area contributed by atoms with Crippen molar-refractivity contribution in [1.29, 1.82) is 0 Å². The summed E-state index contributed by atoms with van der Waals surface area (Å²) in [5, 5.41) is 10.8. The zero-order valence-corrected chi connectivity index (χ0v) is 6.60. The van der Waals surface area contributed by atoms with E-state index in [2.05, 4.69) is 15.9 Å². The molecule has 0 heterocycles. The van der Waals surface area contributed by atoms with E-state index >= 15 is 0 Å². The van der Waals surface area contributed by atoms with Gasteiger partial charge in [0, 0.05) is 4.47 Å². The summed E-state index contributed by atoms with van der Waals surface area (Å²) >= 11 is 3.26. The summed E-state index contributed by atoms with van der Waals surface area (Å²) in [6, 6.07) is 5.11. The van der Waals surface area contributed by atoms with E-state index in [4.69, 9.17) is 0 Å². The largest absolute Gasteiger partial charge is 0.290 e. The Hall–Kier alpha value is -0.500. The molecular weight excluding hydrogens is 180 g/mol. The molecule has 0 amide bonds. The molecule has 0 bridgehead atoms. The lowest BCUT2D eigenvalue weighted by molar-refractivity contribution is 0.351. The SMILES string of the molecule is Cc1cc(Br)ccc1[O]. The smallest absolute Gasteiger partial charge is 0.181 e. The van der Waals surface area contributed by atoms with Crippen LogP contribution in [0.2, 0.25) is 0 Å². The summed E-state index contributed by atoms with van der Waals surface area (Å²) in [6.45, 7) is 1.80. The van der Waals surface area contributed by atoms with Crippen molar-refractivity contribution in [2.75, 3.05) is 0 Å². The zero-order valence-electron chi connectivity index (χ0n) is 5.02. The van der Waals surface area contributed by atoms with Crippen LogP contribution in [0.3, 0.4) is 0 Å². The second kappa shape index (κ2) is 2.40. The zero-order chi connectivity index (χ0) is 6.85. The number of benzene rings is 1. The molecule has 0 N–H and O–H groups in total. The number of rotatable bonds is 0. The Morgan fingerprint density at radius 3 is 2.56 bits per heavy atom. The lowest BCUT2D eigenvalue weighted by Gasteiger charge is -1.92. The maximum Gasteiger partial charge on any atom is 0.181 e. The summed E-state index contributed by atoms with van der Waals surface area (Å²) < 4.78 is 0.958. The standard InChI is InChI=1S/C7H6BrO/c1-5-4-6(8)2-3-7(5)9/h2-4H,1H3. The minimum absolute atomic E-state index is 0.0956. The van der Waals surface area contributed by atoms with E-state index < -0.39 is 0 Å². The van der Waals surface area contributed by atoms with Gasteiger partial charge in [-0.2, -0.15) is 0 Å². The molecule has 9 heavy (non-hydrogen) atoms. The van der Waals surface area contributed by atoms with Gasteiger partial charge in [0.15, 0.2) is 5.75 Å². The molecule has 0 spiro atoms. The fourth-order valence-electron chi connectivity index (χ4n) is 0.613. The van der Waals surface area contributed by atoms with Crippen LogP contribution in [0.25, 0.3) is 0 Å². The third-order valence-corrected chi connectivity index (χ3v) is 1.63. The molecule has 0 aromatic heterocycles. The Morgan fingerprint density at radius 1 is 1.44 bits per heavy atom. The summed E-state index contributed by atoms with van der Waals surface area (Å²) in [5.41, 5.74) is 0.782. The third kappa shape index (κ3) is 1.45. The molecular formula is C7H6BrO. The molecule has 0 aliphatic carbocycles. The van der Waals surface area contributed by atoms with Crippen LogP contribution in [0.1, 0.15) is 5.56 Å². The molecule has 0 saturated heterocycles. The normalized spacial score (nSPS) is 9.56. The predicted molar refractivity (Wildman–Crippen MR) is 39.0 cm³/mol. The molecule has 1 rings (SSSR count). The highest BCUT2D eigenvalue weighted by Crippen LogP contribution is 2.20. The maximum atomic E-state index is 10.8. The van der Waals surface area contributed by atoms with Gasteiger partial charge >= 0.3 is 0 Å². The first-order valence-electron chi connectivity index (χ1n) is 2.63. The van der Waals surface area contributed by atoms with E-state index in [1.165, 1.54) is 0 Å². The van der Waals surface area contributed by atoms with Gasteiger partial charge in [-0.25, -0.2) is 0 Å². The first-order valence-corrected chi connectivity index (χ1v) is 3.42. The molecule has 1 radical (unpaired) electrons. The summed E-state index contributed by atoms with van der Waals surface area (Å²) in [6.07, 6.45) is 0. The molecule has 0 saturated carbocycles. The van der Waals surface area contributed by atoms with Gasteiger partial charge in [-0.3, -0.25) is 5.11 Å². The van der Waals surface area contributed by atoms with Crippen LogP contribution in [0.4, 0.5) is 0 Å². The second-order valence-electron chi connectivity index (χ2n) is 1.91. The summed E-state index contributed by atoms with van der Waals surface area (Å²) in [4.78, 5) is 0. The van der Waals surface area contributed by atoms with Crippen LogP contribution in [-0.2, 0) is 5.11 Å². The average molecular weight is 186 g/mol. The molecule has 0 aliphatic rings. The van der Waals surface area contributed by atoms with Gasteiger partial charge in [-0.05, 0) is 30.7 Å². The molecule has 0 atom stereocenters. The monoisotopic (exact) mass is 185 g/mol. The number of hydrogen-bond acceptors (Lipinski definition) is 0. The molecule has 1 nitrogen and oxygen atoms in total. The maximum absolute atomic E-state index is 10.8. The first-order chi connectivity index (χ1) is 4.20. The Balaban J connectivity index is 3.17. The van der Waals surface area contributed by atoms with Crippen LogP contribution in [0, 0.1) is 6.92 Å².